The Morgan fingerprint density at radius 2 is 0.823 bits per heavy atom. The molecule has 2 unspecified atom stereocenters. The van der Waals surface area contributed by atoms with E-state index in [-0.39, 0.29) is 81.4 Å². The second-order valence-corrected chi connectivity index (χ2v) is 20.3. The molecule has 0 bridgehead atoms. The van der Waals surface area contributed by atoms with Crippen LogP contribution in [-0.2, 0) is 47.7 Å². The number of carbonyl (C=O) groups is 10. The Balaban J connectivity index is 2.62. The van der Waals surface area contributed by atoms with E-state index in [1.54, 1.807) is 136 Å². The molecule has 4 amide bonds. The van der Waals surface area contributed by atoms with Gasteiger partial charge in [-0.05, 0) is 159 Å². The summed E-state index contributed by atoms with van der Waals surface area (Å²) in [5, 5.41) is 3.23. The fourth-order valence-electron chi connectivity index (χ4n) is 5.05. The molecule has 0 spiro atoms. The normalized spacial score (nSPS) is 12.2. The molecule has 0 heterocycles. The molecule has 18 nitrogen and oxygen atoms in total. The molecular formula is C35H31BrCl2I6N4O14. The topological polar surface area (TPSA) is 238 Å². The van der Waals surface area contributed by atoms with Crippen LogP contribution in [0.1, 0.15) is 69.1 Å². The van der Waals surface area contributed by atoms with Gasteiger partial charge in [-0.25, -0.2) is 0 Å². The quantitative estimate of drug-likeness (QED) is 0.0441. The van der Waals surface area contributed by atoms with E-state index in [0.717, 1.165) is 37.5 Å². The molecule has 0 saturated heterocycles. The molecule has 338 valence electrons. The number of rotatable bonds is 18. The van der Waals surface area contributed by atoms with Crippen molar-refractivity contribution in [2.45, 2.75) is 44.7 Å². The highest BCUT2D eigenvalue weighted by Gasteiger charge is 2.38. The Kier molecular flexibility index (Phi) is 23.7. The van der Waals surface area contributed by atoms with E-state index >= 15 is 0 Å². The van der Waals surface area contributed by atoms with Gasteiger partial charge in [-0.15, -0.1) is 0 Å². The summed E-state index contributed by atoms with van der Waals surface area (Å²) in [5.41, 5.74) is -0.392. The minimum Gasteiger partial charge on any atom is -0.462 e. The van der Waals surface area contributed by atoms with Crippen LogP contribution in [0.5, 0.6) is 0 Å². The van der Waals surface area contributed by atoms with E-state index in [1.165, 1.54) is 14.1 Å². The summed E-state index contributed by atoms with van der Waals surface area (Å²) in [4.78, 5) is 128. The maximum Gasteiger partial charge on any atom is 0.303 e. The van der Waals surface area contributed by atoms with Gasteiger partial charge in [0, 0.05) is 48.9 Å². The molecule has 0 aliphatic heterocycles. The summed E-state index contributed by atoms with van der Waals surface area (Å²) in [6.07, 6.45) is -2.15. The van der Waals surface area contributed by atoms with Crippen LogP contribution in [0.2, 0.25) is 0 Å². The zero-order valence-corrected chi connectivity index (χ0v) is 48.6. The minimum atomic E-state index is -1.66. The Morgan fingerprint density at radius 3 is 1.08 bits per heavy atom. The van der Waals surface area contributed by atoms with Crippen LogP contribution in [-0.4, -0.2) is 115 Å². The molecule has 0 saturated carbocycles. The zero-order chi connectivity index (χ0) is 47.7. The highest BCUT2D eigenvalue weighted by atomic mass is 127. The predicted molar refractivity (Wildman–Crippen MR) is 278 cm³/mol. The number of amides is 4. The number of hydrogen-bond acceptors (Lipinski definition) is 14. The smallest absolute Gasteiger partial charge is 0.303 e. The van der Waals surface area contributed by atoms with Crippen LogP contribution in [0.25, 0.3) is 0 Å². The first-order valence-corrected chi connectivity index (χ1v) is 25.0. The molecule has 2 aromatic rings. The fourth-order valence-corrected chi connectivity index (χ4v) is 16.4. The van der Waals surface area contributed by atoms with Gasteiger partial charge in [0.05, 0.1) is 61.0 Å². The lowest BCUT2D eigenvalue weighted by Crippen LogP contribution is -2.45. The number of anilines is 2. The first-order valence-electron chi connectivity index (χ1n) is 16.8. The molecule has 2 aromatic carbocycles. The van der Waals surface area contributed by atoms with Crippen molar-refractivity contribution in [3.8, 4) is 0 Å². The molecule has 0 aromatic heterocycles. The maximum atomic E-state index is 14.2. The van der Waals surface area contributed by atoms with Crippen molar-refractivity contribution in [1.82, 2.24) is 10.6 Å². The fraction of sp³-hybridized carbons (Fsp3) is 0.371. The van der Waals surface area contributed by atoms with Gasteiger partial charge in [0.2, 0.25) is 11.8 Å². The number of nitrogens with zero attached hydrogens (tertiary/aromatic N) is 2. The van der Waals surface area contributed by atoms with Gasteiger partial charge >= 0.3 is 23.9 Å². The first kappa shape index (κ1) is 57.1. The van der Waals surface area contributed by atoms with Crippen molar-refractivity contribution in [3.63, 3.8) is 0 Å². The van der Waals surface area contributed by atoms with Crippen LogP contribution in [0, 0.1) is 21.4 Å². The lowest BCUT2D eigenvalue weighted by molar-refractivity contribution is -0.155. The summed E-state index contributed by atoms with van der Waals surface area (Å²) in [6.45, 7) is 3.20. The highest BCUT2D eigenvalue weighted by molar-refractivity contribution is 14.1. The van der Waals surface area contributed by atoms with E-state index in [9.17, 15) is 47.9 Å². The highest BCUT2D eigenvalue weighted by Crippen LogP contribution is 2.41. The van der Waals surface area contributed by atoms with E-state index in [1.807, 2.05) is 0 Å². The summed E-state index contributed by atoms with van der Waals surface area (Å²) in [5.74, 6) is -6.05. The molecule has 27 heteroatoms. The number of halogens is 9. The van der Waals surface area contributed by atoms with Crippen molar-refractivity contribution in [3.05, 3.63) is 43.7 Å². The molecule has 2 N–H and O–H groups in total. The number of esters is 4. The van der Waals surface area contributed by atoms with Gasteiger partial charge in [0.15, 0.2) is 17.0 Å². The molecular weight excluding hydrogens is 1610 g/mol. The summed E-state index contributed by atoms with van der Waals surface area (Å²) < 4.78 is 21.0. The van der Waals surface area contributed by atoms with Gasteiger partial charge in [0.1, 0.15) is 13.2 Å². The van der Waals surface area contributed by atoms with Gasteiger partial charge in [-0.3, -0.25) is 47.9 Å². The van der Waals surface area contributed by atoms with Gasteiger partial charge in [0.25, 0.3) is 22.3 Å². The summed E-state index contributed by atoms with van der Waals surface area (Å²) >= 11 is 25.9. The summed E-state index contributed by atoms with van der Waals surface area (Å²) in [7, 11) is 2.60. The third kappa shape index (κ3) is 15.0. The van der Waals surface area contributed by atoms with Gasteiger partial charge in [-0.1, -0.05) is 15.9 Å². The largest absolute Gasteiger partial charge is 0.462 e. The van der Waals surface area contributed by atoms with Gasteiger partial charge in [-0.2, -0.15) is 0 Å². The predicted octanol–water partition coefficient (Wildman–Crippen LogP) is 5.91. The average molecular weight is 1640 g/mol. The zero-order valence-electron chi connectivity index (χ0n) is 32.6. The molecule has 0 fully saturated rings. The van der Waals surface area contributed by atoms with E-state index in [4.69, 9.17) is 42.1 Å². The second kappa shape index (κ2) is 25.8. The molecule has 2 atom stereocenters. The molecule has 0 aliphatic carbocycles. The van der Waals surface area contributed by atoms with Crippen molar-refractivity contribution in [1.29, 1.82) is 0 Å². The first-order chi connectivity index (χ1) is 28.7. The lowest BCUT2D eigenvalue weighted by atomic mass is 10.1. The SMILES string of the molecule is CC(=O)OCC(CNC(=O)c1c(I)c(C(=O)Cl)c(I)c(N(C)C(=O)C(Br)C(=O)N(C)c2c(I)c(C(=O)Cl)c(I)c(C(=O)NCC(COC(C)=O)OC(C)=O)c2I)c1I)OC(C)=O. The second-order valence-electron chi connectivity index (χ2n) is 12.3. The van der Waals surface area contributed by atoms with Crippen LogP contribution in [0.15, 0.2) is 0 Å². The monoisotopic (exact) mass is 1640 g/mol. The van der Waals surface area contributed by atoms with Crippen molar-refractivity contribution in [2.24, 2.45) is 0 Å². The average Bonchev–Trinajstić information content (AvgIpc) is 3.14. The Hall–Kier alpha value is -1.02. The number of carbonyl (C=O) groups excluding carboxylic acids is 10. The van der Waals surface area contributed by atoms with Crippen LogP contribution in [0.3, 0.4) is 0 Å². The number of benzene rings is 2. The molecule has 62 heavy (non-hydrogen) atoms. The Labute approximate surface area is 454 Å². The van der Waals surface area contributed by atoms with Crippen LogP contribution < -0.4 is 20.4 Å². The van der Waals surface area contributed by atoms with Crippen LogP contribution >= 0.6 is 175 Å². The number of ether oxygens (including phenoxy) is 4. The maximum absolute atomic E-state index is 14.2. The third-order valence-corrected chi connectivity index (χ3v) is 15.3. The van der Waals surface area contributed by atoms with Gasteiger partial charge < -0.3 is 39.4 Å². The number of alkyl halides is 1. The Morgan fingerprint density at radius 1 is 0.532 bits per heavy atom. The summed E-state index contributed by atoms with van der Waals surface area (Å²) in [6, 6.07) is 0. The lowest BCUT2D eigenvalue weighted by Gasteiger charge is -2.29. The standard InChI is InChI=1S/C35H31BrCl2I6N4O14/c1-11(49)59-9-15(61-13(3)51)7-45-32(55)19-22(39)17(30(37)53)24(41)28(26(19)43)47(5)34(57)21(36)35(58)48(6)29-25(42)18(31(38)54)23(40)20(27(29)44)33(56)46-8-16(62-14(4)52)10-60-12(2)50/h15-16,21H,7-10H2,1-6H3,(H,45,55)(H,46,56). The van der Waals surface area contributed by atoms with Crippen molar-refractivity contribution < 1.29 is 66.9 Å². The van der Waals surface area contributed by atoms with Crippen LogP contribution in [0.4, 0.5) is 11.4 Å². The Bertz CT molecular complexity index is 2090. The molecule has 0 radical (unpaired) electrons. The third-order valence-electron chi connectivity index (χ3n) is 7.79. The van der Waals surface area contributed by atoms with E-state index in [0.29, 0.717) is 0 Å². The minimum absolute atomic E-state index is 0.0234. The van der Waals surface area contributed by atoms with E-state index in [2.05, 4.69) is 26.6 Å². The van der Waals surface area contributed by atoms with E-state index < -0.39 is 75.0 Å². The molecule has 0 aliphatic rings. The van der Waals surface area contributed by atoms with Crippen molar-refractivity contribution in [2.75, 3.05) is 50.2 Å². The van der Waals surface area contributed by atoms with Crippen molar-refractivity contribution >= 4 is 244 Å². The number of nitrogens with one attached hydrogen (secondary N) is 2. The molecule has 2 rings (SSSR count). The number of hydrogen-bond donors (Lipinski definition) is 2.